The molecule has 6 nitrogen and oxygen atoms in total. The maximum atomic E-state index is 12.0. The lowest BCUT2D eigenvalue weighted by molar-refractivity contribution is -0.918. The number of aromatic hydroxyl groups is 1. The number of hydrogen-bond donors (Lipinski definition) is 4. The molecule has 1 amide bonds. The number of para-hydroxylation sites is 1. The molecule has 6 heteroatoms. The lowest BCUT2D eigenvalue weighted by Gasteiger charge is -2.24. The van der Waals surface area contributed by atoms with E-state index in [0.29, 0.717) is 11.5 Å². The monoisotopic (exact) mass is 381 g/mol. The summed E-state index contributed by atoms with van der Waals surface area (Å²) in [5.74, 6) is 0.116. The molecule has 3 rings (SSSR count). The SMILES string of the molecule is C/C(=N\NC(=O)CNc1ccccc1)c1ccc(O)c(C[NH+]2CCCCC2)c1. The first-order valence-corrected chi connectivity index (χ1v) is 9.89. The van der Waals surface area contributed by atoms with Crippen molar-refractivity contribution in [2.45, 2.75) is 32.7 Å². The van der Waals surface area contributed by atoms with Gasteiger partial charge in [-0.2, -0.15) is 5.10 Å². The van der Waals surface area contributed by atoms with Gasteiger partial charge in [-0.3, -0.25) is 4.79 Å². The van der Waals surface area contributed by atoms with E-state index in [0.717, 1.165) is 36.4 Å². The van der Waals surface area contributed by atoms with Crippen molar-refractivity contribution in [3.8, 4) is 5.75 Å². The molecule has 0 atom stereocenters. The van der Waals surface area contributed by atoms with Crippen LogP contribution in [0.4, 0.5) is 5.69 Å². The normalized spacial score (nSPS) is 15.2. The van der Waals surface area contributed by atoms with Gasteiger partial charge in [0.25, 0.3) is 5.91 Å². The zero-order chi connectivity index (χ0) is 19.8. The molecule has 148 valence electrons. The number of phenols is 1. The quantitative estimate of drug-likeness (QED) is 0.437. The number of anilines is 1. The van der Waals surface area contributed by atoms with Crippen LogP contribution in [-0.2, 0) is 11.3 Å². The van der Waals surface area contributed by atoms with Crippen LogP contribution in [0.15, 0.2) is 53.6 Å². The van der Waals surface area contributed by atoms with Crippen LogP contribution in [0, 0.1) is 0 Å². The van der Waals surface area contributed by atoms with Gasteiger partial charge in [0.1, 0.15) is 12.3 Å². The summed E-state index contributed by atoms with van der Waals surface area (Å²) < 4.78 is 0. The van der Waals surface area contributed by atoms with Crippen molar-refractivity contribution in [2.75, 3.05) is 25.0 Å². The molecule has 0 bridgehead atoms. The highest BCUT2D eigenvalue weighted by Gasteiger charge is 2.16. The molecule has 0 saturated carbocycles. The zero-order valence-corrected chi connectivity index (χ0v) is 16.4. The van der Waals surface area contributed by atoms with E-state index in [9.17, 15) is 9.90 Å². The smallest absolute Gasteiger partial charge is 0.259 e. The molecule has 1 fully saturated rings. The lowest BCUT2D eigenvalue weighted by atomic mass is 10.0. The average molecular weight is 382 g/mol. The largest absolute Gasteiger partial charge is 0.507 e. The summed E-state index contributed by atoms with van der Waals surface area (Å²) in [5, 5.41) is 17.5. The van der Waals surface area contributed by atoms with Crippen LogP contribution < -0.4 is 15.6 Å². The number of amides is 1. The van der Waals surface area contributed by atoms with E-state index in [-0.39, 0.29) is 12.5 Å². The Hall–Kier alpha value is -2.86. The average Bonchev–Trinajstić information content (AvgIpc) is 2.73. The van der Waals surface area contributed by atoms with Gasteiger partial charge < -0.3 is 15.3 Å². The van der Waals surface area contributed by atoms with Gasteiger partial charge in [-0.25, -0.2) is 5.43 Å². The van der Waals surface area contributed by atoms with Gasteiger partial charge in [0.2, 0.25) is 0 Å². The van der Waals surface area contributed by atoms with Gasteiger partial charge in [-0.05, 0) is 62.1 Å². The predicted octanol–water partition coefficient (Wildman–Crippen LogP) is 1.91. The number of phenolic OH excluding ortho intramolecular Hbond substituents is 1. The third kappa shape index (κ3) is 5.82. The zero-order valence-electron chi connectivity index (χ0n) is 16.4. The second-order valence-electron chi connectivity index (χ2n) is 7.28. The van der Waals surface area contributed by atoms with E-state index in [2.05, 4.69) is 15.8 Å². The molecule has 1 heterocycles. The maximum absolute atomic E-state index is 12.0. The van der Waals surface area contributed by atoms with Crippen molar-refractivity contribution in [2.24, 2.45) is 5.10 Å². The molecular weight excluding hydrogens is 352 g/mol. The van der Waals surface area contributed by atoms with Gasteiger partial charge in [-0.1, -0.05) is 18.2 Å². The standard InChI is InChI=1S/C22H28N4O2/c1-17(24-25-22(28)15-23-20-8-4-2-5-9-20)18-10-11-21(27)19(14-18)16-26-12-6-3-7-13-26/h2,4-5,8-11,14,23,27H,3,6-7,12-13,15-16H2,1H3,(H,25,28)/p+1/b24-17+. The van der Waals surface area contributed by atoms with E-state index >= 15 is 0 Å². The second-order valence-corrected chi connectivity index (χ2v) is 7.28. The van der Waals surface area contributed by atoms with Crippen LogP contribution in [-0.4, -0.2) is 36.4 Å². The van der Waals surface area contributed by atoms with Crippen LogP contribution >= 0.6 is 0 Å². The molecule has 0 aromatic heterocycles. The van der Waals surface area contributed by atoms with Gasteiger partial charge in [0.05, 0.1) is 25.3 Å². The summed E-state index contributed by atoms with van der Waals surface area (Å²) in [6, 6.07) is 15.1. The Balaban J connectivity index is 1.57. The highest BCUT2D eigenvalue weighted by Crippen LogP contribution is 2.18. The van der Waals surface area contributed by atoms with E-state index < -0.39 is 0 Å². The van der Waals surface area contributed by atoms with Crippen LogP contribution in [0.25, 0.3) is 0 Å². The molecule has 4 N–H and O–H groups in total. The number of carbonyl (C=O) groups excluding carboxylic acids is 1. The Morgan fingerprint density at radius 3 is 2.61 bits per heavy atom. The number of benzene rings is 2. The summed E-state index contributed by atoms with van der Waals surface area (Å²) in [6.07, 6.45) is 3.80. The number of hydrazone groups is 1. The number of rotatable bonds is 7. The lowest BCUT2D eigenvalue weighted by Crippen LogP contribution is -3.11. The summed E-state index contributed by atoms with van der Waals surface area (Å²) in [5.41, 5.74) is 6.02. The number of carbonyl (C=O) groups is 1. The Bertz CT molecular complexity index is 815. The van der Waals surface area contributed by atoms with Crippen molar-refractivity contribution >= 4 is 17.3 Å². The number of quaternary nitrogens is 1. The van der Waals surface area contributed by atoms with Gasteiger partial charge >= 0.3 is 0 Å². The molecule has 2 aromatic rings. The van der Waals surface area contributed by atoms with Crippen molar-refractivity contribution in [1.29, 1.82) is 0 Å². The fourth-order valence-electron chi connectivity index (χ4n) is 3.44. The Labute approximate surface area is 166 Å². The highest BCUT2D eigenvalue weighted by molar-refractivity contribution is 5.99. The molecule has 2 aromatic carbocycles. The van der Waals surface area contributed by atoms with Crippen molar-refractivity contribution in [3.63, 3.8) is 0 Å². The van der Waals surface area contributed by atoms with Crippen LogP contribution in [0.1, 0.15) is 37.3 Å². The summed E-state index contributed by atoms with van der Waals surface area (Å²) in [7, 11) is 0. The molecule has 1 saturated heterocycles. The molecular formula is C22H29N4O2+. The third-order valence-corrected chi connectivity index (χ3v) is 5.07. The highest BCUT2D eigenvalue weighted by atomic mass is 16.3. The Kier molecular flexibility index (Phi) is 7.03. The molecule has 1 aliphatic rings. The molecule has 0 radical (unpaired) electrons. The van der Waals surface area contributed by atoms with E-state index in [1.54, 1.807) is 6.07 Å². The molecule has 0 spiro atoms. The van der Waals surface area contributed by atoms with E-state index in [4.69, 9.17) is 0 Å². The first-order valence-electron chi connectivity index (χ1n) is 9.89. The first kappa shape index (κ1) is 19.9. The minimum Gasteiger partial charge on any atom is -0.507 e. The summed E-state index contributed by atoms with van der Waals surface area (Å²) in [6.45, 7) is 5.14. The number of nitrogens with one attached hydrogen (secondary N) is 3. The van der Waals surface area contributed by atoms with Crippen molar-refractivity contribution < 1.29 is 14.8 Å². The van der Waals surface area contributed by atoms with Crippen LogP contribution in [0.2, 0.25) is 0 Å². The number of piperidine rings is 1. The minimum absolute atomic E-state index is 0.153. The fraction of sp³-hybridized carbons (Fsp3) is 0.364. The number of nitrogens with zero attached hydrogens (tertiary/aromatic N) is 1. The third-order valence-electron chi connectivity index (χ3n) is 5.07. The number of hydrogen-bond acceptors (Lipinski definition) is 4. The topological polar surface area (TPSA) is 78.2 Å². The van der Waals surface area contributed by atoms with Crippen LogP contribution in [0.3, 0.4) is 0 Å². The molecule has 28 heavy (non-hydrogen) atoms. The second kappa shape index (κ2) is 9.90. The van der Waals surface area contributed by atoms with Crippen LogP contribution in [0.5, 0.6) is 5.75 Å². The molecule has 0 aliphatic carbocycles. The molecule has 0 unspecified atom stereocenters. The van der Waals surface area contributed by atoms with Gasteiger partial charge in [-0.15, -0.1) is 0 Å². The summed E-state index contributed by atoms with van der Waals surface area (Å²) in [4.78, 5) is 13.5. The summed E-state index contributed by atoms with van der Waals surface area (Å²) >= 11 is 0. The van der Waals surface area contributed by atoms with Gasteiger partial charge in [0, 0.05) is 11.3 Å². The van der Waals surface area contributed by atoms with Crippen molar-refractivity contribution in [1.82, 2.24) is 5.43 Å². The van der Waals surface area contributed by atoms with E-state index in [1.807, 2.05) is 49.4 Å². The predicted molar refractivity (Wildman–Crippen MR) is 112 cm³/mol. The first-order chi connectivity index (χ1) is 13.6. The van der Waals surface area contributed by atoms with Crippen molar-refractivity contribution in [3.05, 3.63) is 59.7 Å². The maximum Gasteiger partial charge on any atom is 0.259 e. The Morgan fingerprint density at radius 1 is 1.11 bits per heavy atom. The Morgan fingerprint density at radius 2 is 1.86 bits per heavy atom. The number of likely N-dealkylation sites (tertiary alicyclic amines) is 1. The van der Waals surface area contributed by atoms with Gasteiger partial charge in [0.15, 0.2) is 0 Å². The van der Waals surface area contributed by atoms with E-state index in [1.165, 1.54) is 24.2 Å². The fourth-order valence-corrected chi connectivity index (χ4v) is 3.44. The minimum atomic E-state index is -0.208. The molecule has 1 aliphatic heterocycles.